The molecule has 1 saturated heterocycles. The molecule has 2 amide bonds. The van der Waals surface area contributed by atoms with Crippen LogP contribution in [-0.4, -0.2) is 43.0 Å². The first kappa shape index (κ1) is 24.9. The van der Waals surface area contributed by atoms with Crippen molar-refractivity contribution in [3.05, 3.63) is 53.1 Å². The number of rotatable bonds is 6. The highest BCUT2D eigenvalue weighted by molar-refractivity contribution is 6.31. The van der Waals surface area contributed by atoms with E-state index in [0.717, 1.165) is 12.1 Å². The van der Waals surface area contributed by atoms with Crippen molar-refractivity contribution in [1.82, 2.24) is 4.90 Å². The first-order valence-electron chi connectivity index (χ1n) is 10.5. The van der Waals surface area contributed by atoms with E-state index in [1.165, 1.54) is 13.2 Å². The fourth-order valence-corrected chi connectivity index (χ4v) is 3.99. The van der Waals surface area contributed by atoms with Gasteiger partial charge in [0.25, 0.3) is 0 Å². The maximum absolute atomic E-state index is 13.1. The highest BCUT2D eigenvalue weighted by atomic mass is 35.5. The van der Waals surface area contributed by atoms with Gasteiger partial charge >= 0.3 is 6.18 Å². The van der Waals surface area contributed by atoms with Gasteiger partial charge in [-0.2, -0.15) is 13.2 Å². The second kappa shape index (κ2) is 10.4. The van der Waals surface area contributed by atoms with Gasteiger partial charge in [0.05, 0.1) is 29.4 Å². The van der Waals surface area contributed by atoms with Crippen molar-refractivity contribution in [2.45, 2.75) is 32.0 Å². The summed E-state index contributed by atoms with van der Waals surface area (Å²) in [7, 11) is 1.53. The number of carbonyl (C=O) groups is 2. The maximum Gasteiger partial charge on any atom is 0.417 e. The molecule has 1 aliphatic rings. The van der Waals surface area contributed by atoms with Crippen LogP contribution in [0.1, 0.15) is 25.3 Å². The maximum atomic E-state index is 13.1. The number of hydrogen-bond donors (Lipinski definition) is 2. The number of piperidine rings is 1. The van der Waals surface area contributed by atoms with Gasteiger partial charge in [0.15, 0.2) is 0 Å². The lowest BCUT2D eigenvalue weighted by atomic mass is 9.94. The number of amides is 2. The van der Waals surface area contributed by atoms with Gasteiger partial charge in [0.2, 0.25) is 11.8 Å². The molecule has 2 aromatic carbocycles. The Bertz CT molecular complexity index is 1010. The molecule has 0 spiro atoms. The quantitative estimate of drug-likeness (QED) is 0.603. The number of halogens is 4. The van der Waals surface area contributed by atoms with Crippen LogP contribution in [0.5, 0.6) is 5.75 Å². The summed E-state index contributed by atoms with van der Waals surface area (Å²) in [6.07, 6.45) is -3.51. The van der Waals surface area contributed by atoms with Crippen molar-refractivity contribution in [2.24, 2.45) is 5.92 Å². The molecule has 2 N–H and O–H groups in total. The molecule has 0 saturated carbocycles. The number of anilines is 2. The number of nitrogens with zero attached hydrogens (tertiary/aromatic N) is 1. The van der Waals surface area contributed by atoms with Gasteiger partial charge in [-0.1, -0.05) is 23.7 Å². The van der Waals surface area contributed by atoms with Crippen LogP contribution < -0.4 is 15.4 Å². The van der Waals surface area contributed by atoms with Crippen LogP contribution in [0.2, 0.25) is 5.02 Å². The molecular weight excluding hydrogens is 459 g/mol. The zero-order valence-corrected chi connectivity index (χ0v) is 19.0. The van der Waals surface area contributed by atoms with E-state index in [1.54, 1.807) is 25.1 Å². The van der Waals surface area contributed by atoms with Gasteiger partial charge < -0.3 is 15.4 Å². The van der Waals surface area contributed by atoms with Gasteiger partial charge in [-0.05, 0) is 63.2 Å². The molecule has 6 nitrogen and oxygen atoms in total. The Morgan fingerprint density at radius 3 is 2.42 bits per heavy atom. The summed E-state index contributed by atoms with van der Waals surface area (Å²) < 4.78 is 44.4. The van der Waals surface area contributed by atoms with Crippen LogP contribution in [0.25, 0.3) is 0 Å². The Kier molecular flexibility index (Phi) is 7.86. The summed E-state index contributed by atoms with van der Waals surface area (Å²) in [5.74, 6) is -0.184. The minimum absolute atomic E-state index is 0.0228. The predicted octanol–water partition coefficient (Wildman–Crippen LogP) is 5.05. The van der Waals surface area contributed by atoms with Crippen molar-refractivity contribution < 1.29 is 27.5 Å². The second-order valence-corrected chi connectivity index (χ2v) is 8.26. The molecule has 10 heteroatoms. The molecule has 1 heterocycles. The second-order valence-electron chi connectivity index (χ2n) is 7.86. The number of benzene rings is 2. The van der Waals surface area contributed by atoms with Crippen molar-refractivity contribution in [3.8, 4) is 5.75 Å². The standard InChI is InChI=1S/C23H25ClF3N3O3/c1-14(21(31)28-16-7-8-18(24)17(13-16)23(25,26)27)30-11-9-15(10-12-30)22(32)29-19-5-3-4-6-20(19)33-2/h3-8,13-15H,9-12H2,1-2H3,(H,28,31)(H,29,32). The van der Waals surface area contributed by atoms with Gasteiger partial charge in [-0.15, -0.1) is 0 Å². The number of hydrogen-bond acceptors (Lipinski definition) is 4. The van der Waals surface area contributed by atoms with Crippen LogP contribution in [0.3, 0.4) is 0 Å². The van der Waals surface area contributed by atoms with E-state index in [-0.39, 0.29) is 17.5 Å². The molecule has 1 unspecified atom stereocenters. The summed E-state index contributed by atoms with van der Waals surface area (Å²) in [5, 5.41) is 4.99. The molecule has 178 valence electrons. The van der Waals surface area contributed by atoms with Gasteiger partial charge in [0, 0.05) is 11.6 Å². The Hall–Kier alpha value is -2.78. The minimum atomic E-state index is -4.62. The third-order valence-corrected chi connectivity index (χ3v) is 6.06. The molecule has 33 heavy (non-hydrogen) atoms. The lowest BCUT2D eigenvalue weighted by Crippen LogP contribution is -2.47. The third-order valence-electron chi connectivity index (χ3n) is 5.73. The summed E-state index contributed by atoms with van der Waals surface area (Å²) in [6, 6.07) is 9.82. The highest BCUT2D eigenvalue weighted by Gasteiger charge is 2.34. The average Bonchev–Trinajstić information content (AvgIpc) is 2.79. The molecule has 2 aromatic rings. The number of nitrogens with one attached hydrogen (secondary N) is 2. The van der Waals surface area contributed by atoms with Crippen molar-refractivity contribution in [1.29, 1.82) is 0 Å². The number of carbonyl (C=O) groups excluding carboxylic acids is 2. The molecule has 0 aliphatic carbocycles. The Balaban J connectivity index is 1.55. The molecule has 0 aromatic heterocycles. The smallest absolute Gasteiger partial charge is 0.417 e. The molecular formula is C23H25ClF3N3O3. The zero-order chi connectivity index (χ0) is 24.2. The summed E-state index contributed by atoms with van der Waals surface area (Å²) >= 11 is 5.63. The van der Waals surface area contributed by atoms with Crippen LogP contribution in [0, 0.1) is 5.92 Å². The van der Waals surface area contributed by atoms with E-state index in [1.807, 2.05) is 11.0 Å². The lowest BCUT2D eigenvalue weighted by Gasteiger charge is -2.34. The number of likely N-dealkylation sites (tertiary alicyclic amines) is 1. The normalized spacial score (nSPS) is 16.2. The highest BCUT2D eigenvalue weighted by Crippen LogP contribution is 2.36. The minimum Gasteiger partial charge on any atom is -0.495 e. The molecule has 1 fully saturated rings. The summed E-state index contributed by atoms with van der Waals surface area (Å²) in [6.45, 7) is 2.70. The van der Waals surface area contributed by atoms with E-state index in [9.17, 15) is 22.8 Å². The van der Waals surface area contributed by atoms with Crippen molar-refractivity contribution >= 4 is 34.8 Å². The molecule has 0 radical (unpaired) electrons. The van der Waals surface area contributed by atoms with Gasteiger partial charge in [-0.25, -0.2) is 0 Å². The fraction of sp³-hybridized carbons (Fsp3) is 0.391. The largest absolute Gasteiger partial charge is 0.495 e. The van der Waals surface area contributed by atoms with Crippen molar-refractivity contribution in [3.63, 3.8) is 0 Å². The summed E-state index contributed by atoms with van der Waals surface area (Å²) in [5.41, 5.74) is -0.382. The fourth-order valence-electron chi connectivity index (χ4n) is 3.76. The van der Waals surface area contributed by atoms with Crippen LogP contribution in [0.15, 0.2) is 42.5 Å². The number of ether oxygens (including phenoxy) is 1. The first-order chi connectivity index (χ1) is 15.6. The van der Waals surface area contributed by atoms with E-state index in [4.69, 9.17) is 16.3 Å². The van der Waals surface area contributed by atoms with E-state index < -0.39 is 28.7 Å². The van der Waals surface area contributed by atoms with Crippen molar-refractivity contribution in [2.75, 3.05) is 30.8 Å². The monoisotopic (exact) mass is 483 g/mol. The molecule has 1 aliphatic heterocycles. The Morgan fingerprint density at radius 2 is 1.79 bits per heavy atom. The first-order valence-corrected chi connectivity index (χ1v) is 10.8. The summed E-state index contributed by atoms with van der Waals surface area (Å²) in [4.78, 5) is 27.2. The van der Waals surface area contributed by atoms with E-state index in [0.29, 0.717) is 37.4 Å². The number of alkyl halides is 3. The van der Waals surface area contributed by atoms with Crippen LogP contribution in [0.4, 0.5) is 24.5 Å². The van der Waals surface area contributed by atoms with Crippen LogP contribution in [-0.2, 0) is 15.8 Å². The number of para-hydroxylation sites is 2. The van der Waals surface area contributed by atoms with Crippen LogP contribution >= 0.6 is 11.6 Å². The topological polar surface area (TPSA) is 70.7 Å². The molecule has 3 rings (SSSR count). The zero-order valence-electron chi connectivity index (χ0n) is 18.2. The van der Waals surface area contributed by atoms with E-state index in [2.05, 4.69) is 10.6 Å². The average molecular weight is 484 g/mol. The molecule has 0 bridgehead atoms. The Morgan fingerprint density at radius 1 is 1.12 bits per heavy atom. The van der Waals surface area contributed by atoms with E-state index >= 15 is 0 Å². The SMILES string of the molecule is COc1ccccc1NC(=O)C1CCN(C(C)C(=O)Nc2ccc(Cl)c(C(F)(F)F)c2)CC1. The molecule has 1 atom stereocenters. The third kappa shape index (κ3) is 6.17. The predicted molar refractivity (Wildman–Crippen MR) is 120 cm³/mol. The van der Waals surface area contributed by atoms with Gasteiger partial charge in [-0.3, -0.25) is 14.5 Å². The number of methoxy groups -OCH3 is 1. The Labute approximate surface area is 195 Å². The van der Waals surface area contributed by atoms with Gasteiger partial charge in [0.1, 0.15) is 5.75 Å². The lowest BCUT2D eigenvalue weighted by molar-refractivity contribution is -0.137.